The van der Waals surface area contributed by atoms with Gasteiger partial charge in [0, 0.05) is 67.6 Å². The Bertz CT molecular complexity index is 3950. The Balaban J connectivity index is 1.22. The van der Waals surface area contributed by atoms with E-state index in [-0.39, 0.29) is 0 Å². The molecule has 0 amide bonds. The first kappa shape index (κ1) is 38.6. The second kappa shape index (κ2) is 15.5. The van der Waals surface area contributed by atoms with Gasteiger partial charge >= 0.3 is 0 Å². The van der Waals surface area contributed by atoms with Crippen LogP contribution in [0.4, 0.5) is 0 Å². The zero-order valence-electron chi connectivity index (χ0n) is 36.9. The van der Waals surface area contributed by atoms with E-state index in [0.29, 0.717) is 0 Å². The van der Waals surface area contributed by atoms with E-state index in [0.717, 1.165) is 95.1 Å². The van der Waals surface area contributed by atoms with Gasteiger partial charge in [-0.05, 0) is 90.0 Å². The molecule has 0 spiro atoms. The number of para-hydroxylation sites is 6. The van der Waals surface area contributed by atoms with Gasteiger partial charge in [0.05, 0.1) is 67.2 Å². The minimum Gasteiger partial charge on any atom is -0.307 e. The van der Waals surface area contributed by atoms with Gasteiger partial charge in [-0.2, -0.15) is 0 Å². The van der Waals surface area contributed by atoms with Gasteiger partial charge in [-0.15, -0.1) is 0 Å². The van der Waals surface area contributed by atoms with Crippen molar-refractivity contribution >= 4 is 65.4 Å². The molecule has 14 rings (SSSR count). The summed E-state index contributed by atoms with van der Waals surface area (Å²) in [5.74, 6) is 0. The van der Waals surface area contributed by atoms with Crippen LogP contribution >= 0.6 is 0 Å². The van der Waals surface area contributed by atoms with Gasteiger partial charge in [0.15, 0.2) is 0 Å². The number of hydrogen-bond donors (Lipinski definition) is 0. The molecule has 14 aromatic rings. The van der Waals surface area contributed by atoms with E-state index >= 15 is 0 Å². The van der Waals surface area contributed by atoms with E-state index in [1.807, 2.05) is 18.2 Å². The van der Waals surface area contributed by atoms with Crippen molar-refractivity contribution < 1.29 is 0 Å². The zero-order chi connectivity index (χ0) is 45.4. The Morgan fingerprint density at radius 1 is 0.290 bits per heavy atom. The van der Waals surface area contributed by atoms with Gasteiger partial charge in [-0.1, -0.05) is 109 Å². The maximum absolute atomic E-state index is 4.86. The highest BCUT2D eigenvalue weighted by atomic mass is 15.1. The first-order chi connectivity index (χ1) is 34.3. The molecule has 0 aliphatic carbocycles. The molecular formula is C60H37N9. The monoisotopic (exact) mass is 883 g/mol. The summed E-state index contributed by atoms with van der Waals surface area (Å²) in [7, 11) is 0. The number of rotatable bonds is 7. The quantitative estimate of drug-likeness (QED) is 0.158. The lowest BCUT2D eigenvalue weighted by molar-refractivity contribution is 1.05. The van der Waals surface area contributed by atoms with E-state index in [1.165, 1.54) is 32.3 Å². The highest BCUT2D eigenvalue weighted by Crippen LogP contribution is 2.47. The van der Waals surface area contributed by atoms with Gasteiger partial charge in [0.1, 0.15) is 19.0 Å². The Kier molecular flexibility index (Phi) is 8.68. The van der Waals surface area contributed by atoms with E-state index in [9.17, 15) is 0 Å². The van der Waals surface area contributed by atoms with Crippen LogP contribution in [0.1, 0.15) is 0 Å². The lowest BCUT2D eigenvalue weighted by atomic mass is 9.89. The van der Waals surface area contributed by atoms with Crippen LogP contribution in [0, 0.1) is 0 Å². The molecule has 0 atom stereocenters. The molecule has 0 unspecified atom stereocenters. The molecule has 0 radical (unpaired) electrons. The van der Waals surface area contributed by atoms with Crippen molar-refractivity contribution in [3.8, 4) is 62.0 Å². The standard InChI is InChI=1S/C60H37N9/c1-7-19-51-40(13-1)41-14-2-8-20-52(41)67(51)57-33-39(38-31-46(48-25-28-61-35-64-48)59(50-27-30-63-37-66-50)47(32-38)49-26-29-62-36-65-49)34-58(68-53-21-9-3-15-42(53)43-16-4-10-22-54(43)68)60(57)69-55-23-11-5-17-44(55)45-18-6-12-24-56(45)69/h1-37H. The Hall–Kier alpha value is -9.60. The van der Waals surface area contributed by atoms with Crippen LogP contribution in [0.2, 0.25) is 0 Å². The van der Waals surface area contributed by atoms with Gasteiger partial charge < -0.3 is 13.7 Å². The summed E-state index contributed by atoms with van der Waals surface area (Å²) >= 11 is 0. The number of hydrogen-bond acceptors (Lipinski definition) is 6. The van der Waals surface area contributed by atoms with Crippen LogP contribution in [0.5, 0.6) is 0 Å². The summed E-state index contributed by atoms with van der Waals surface area (Å²) in [6.07, 6.45) is 10.1. The van der Waals surface area contributed by atoms with Crippen molar-refractivity contribution in [1.29, 1.82) is 0 Å². The molecule has 0 aliphatic heterocycles. The van der Waals surface area contributed by atoms with Crippen molar-refractivity contribution in [3.05, 3.63) is 226 Å². The highest BCUT2D eigenvalue weighted by molar-refractivity contribution is 6.14. The first-order valence-corrected chi connectivity index (χ1v) is 22.9. The molecule has 0 saturated carbocycles. The molecule has 9 heteroatoms. The fourth-order valence-corrected chi connectivity index (χ4v) is 10.7. The minimum atomic E-state index is 0.748. The van der Waals surface area contributed by atoms with Crippen molar-refractivity contribution in [3.63, 3.8) is 0 Å². The van der Waals surface area contributed by atoms with Crippen molar-refractivity contribution in [2.24, 2.45) is 0 Å². The van der Waals surface area contributed by atoms with Crippen LogP contribution in [-0.2, 0) is 0 Å². The van der Waals surface area contributed by atoms with Crippen LogP contribution in [0.3, 0.4) is 0 Å². The van der Waals surface area contributed by atoms with Crippen molar-refractivity contribution in [2.45, 2.75) is 0 Å². The third kappa shape index (κ3) is 5.97. The molecule has 0 fully saturated rings. The maximum atomic E-state index is 4.86. The van der Waals surface area contributed by atoms with Crippen LogP contribution in [0.15, 0.2) is 226 Å². The minimum absolute atomic E-state index is 0.748. The number of fused-ring (bicyclic) bond motifs is 9. The largest absolute Gasteiger partial charge is 0.307 e. The highest BCUT2D eigenvalue weighted by Gasteiger charge is 2.27. The molecule has 9 nitrogen and oxygen atoms in total. The summed E-state index contributed by atoms with van der Waals surface area (Å²) < 4.78 is 7.43. The fourth-order valence-electron chi connectivity index (χ4n) is 10.7. The summed E-state index contributed by atoms with van der Waals surface area (Å²) in [6, 6.07) is 67.7. The third-order valence-corrected chi connectivity index (χ3v) is 13.5. The Morgan fingerprint density at radius 2 is 0.594 bits per heavy atom. The Labute approximate surface area is 394 Å². The van der Waals surface area contributed by atoms with Gasteiger partial charge in [-0.3, -0.25) is 0 Å². The molecule has 0 saturated heterocycles. The van der Waals surface area contributed by atoms with Crippen molar-refractivity contribution in [2.75, 3.05) is 0 Å². The summed E-state index contributed by atoms with van der Waals surface area (Å²) in [4.78, 5) is 27.5. The van der Waals surface area contributed by atoms with E-state index in [4.69, 9.17) is 15.0 Å². The number of nitrogens with zero attached hydrogens (tertiary/aromatic N) is 9. The van der Waals surface area contributed by atoms with Gasteiger partial charge in [0.2, 0.25) is 0 Å². The van der Waals surface area contributed by atoms with Crippen LogP contribution < -0.4 is 0 Å². The molecule has 322 valence electrons. The third-order valence-electron chi connectivity index (χ3n) is 13.5. The average molecular weight is 884 g/mol. The smallest absolute Gasteiger partial charge is 0.116 e. The average Bonchev–Trinajstić information content (AvgIpc) is 4.07. The number of benzene rings is 8. The maximum Gasteiger partial charge on any atom is 0.116 e. The molecule has 0 N–H and O–H groups in total. The zero-order valence-corrected chi connectivity index (χ0v) is 36.9. The molecule has 6 heterocycles. The molecule has 0 aliphatic rings. The lowest BCUT2D eigenvalue weighted by Gasteiger charge is -2.24. The number of aromatic nitrogens is 9. The van der Waals surface area contributed by atoms with Gasteiger partial charge in [0.25, 0.3) is 0 Å². The lowest BCUT2D eigenvalue weighted by Crippen LogP contribution is -2.10. The van der Waals surface area contributed by atoms with Crippen LogP contribution in [-0.4, -0.2) is 43.6 Å². The Morgan fingerprint density at radius 3 is 0.928 bits per heavy atom. The second-order valence-electron chi connectivity index (χ2n) is 17.2. The fraction of sp³-hybridized carbons (Fsp3) is 0. The first-order valence-electron chi connectivity index (χ1n) is 22.9. The molecule has 69 heavy (non-hydrogen) atoms. The normalized spacial score (nSPS) is 11.8. The summed E-state index contributed by atoms with van der Waals surface area (Å²) in [5.41, 5.74) is 16.6. The van der Waals surface area contributed by atoms with Crippen molar-refractivity contribution in [1.82, 2.24) is 43.6 Å². The predicted molar refractivity (Wildman–Crippen MR) is 278 cm³/mol. The summed E-state index contributed by atoms with van der Waals surface area (Å²) in [5, 5.41) is 7.08. The van der Waals surface area contributed by atoms with Crippen LogP contribution in [0.25, 0.3) is 127 Å². The summed E-state index contributed by atoms with van der Waals surface area (Å²) in [6.45, 7) is 0. The molecule has 0 bridgehead atoms. The second-order valence-corrected chi connectivity index (χ2v) is 17.2. The molecule has 6 aromatic heterocycles. The van der Waals surface area contributed by atoms with E-state index in [1.54, 1.807) is 37.6 Å². The molecular weight excluding hydrogens is 847 g/mol. The van der Waals surface area contributed by atoms with E-state index in [2.05, 4.69) is 199 Å². The van der Waals surface area contributed by atoms with Gasteiger partial charge in [-0.25, -0.2) is 29.9 Å². The topological polar surface area (TPSA) is 92.1 Å². The predicted octanol–water partition coefficient (Wildman–Crippen LogP) is 14.0. The molecule has 8 aromatic carbocycles. The SMILES string of the molecule is c1ccc2c(c1)c1ccccc1n2-c1cc(-c2cc(-c3ccncn3)c(-c3ccncn3)c(-c3ccncn3)c2)cc(-n2c3ccccc3c3ccccc32)c1-n1c2ccccc2c2ccccc21. The van der Waals surface area contributed by atoms with E-state index < -0.39 is 0 Å².